The Labute approximate surface area is 186 Å². The van der Waals surface area contributed by atoms with Crippen molar-refractivity contribution in [3.63, 3.8) is 0 Å². The summed E-state index contributed by atoms with van der Waals surface area (Å²) in [7, 11) is 0. The number of hydrogen-bond acceptors (Lipinski definition) is 5. The van der Waals surface area contributed by atoms with Gasteiger partial charge < -0.3 is 4.90 Å². The molecule has 0 bridgehead atoms. The SMILES string of the molecule is CC(=O)C(C)CN1CCN(c2nc(-c3ccccc3Cl)nc3cccc(Cl)c23)CC1. The Bertz CT molecular complexity index is 1080. The van der Waals surface area contributed by atoms with Crippen LogP contribution < -0.4 is 4.90 Å². The number of hydrogen-bond donors (Lipinski definition) is 0. The number of fused-ring (bicyclic) bond motifs is 1. The second kappa shape index (κ2) is 8.88. The van der Waals surface area contributed by atoms with Crippen molar-refractivity contribution in [1.29, 1.82) is 0 Å². The van der Waals surface area contributed by atoms with Gasteiger partial charge in [0.05, 0.1) is 20.9 Å². The van der Waals surface area contributed by atoms with Crippen LogP contribution in [-0.4, -0.2) is 53.4 Å². The summed E-state index contributed by atoms with van der Waals surface area (Å²) < 4.78 is 0. The molecular weight excluding hydrogens is 419 g/mol. The molecule has 1 unspecified atom stereocenters. The third-order valence-electron chi connectivity index (χ3n) is 5.67. The van der Waals surface area contributed by atoms with Crippen LogP contribution in [0.15, 0.2) is 42.5 Å². The maximum Gasteiger partial charge on any atom is 0.163 e. The number of rotatable bonds is 5. The first-order valence-electron chi connectivity index (χ1n) is 10.1. The van der Waals surface area contributed by atoms with Gasteiger partial charge in [-0.05, 0) is 31.2 Å². The molecule has 0 spiro atoms. The van der Waals surface area contributed by atoms with Crippen molar-refractivity contribution in [3.8, 4) is 11.4 Å². The summed E-state index contributed by atoms with van der Waals surface area (Å²) in [6, 6.07) is 13.3. The quantitative estimate of drug-likeness (QED) is 0.559. The molecule has 3 aromatic rings. The summed E-state index contributed by atoms with van der Waals surface area (Å²) in [5.74, 6) is 1.71. The summed E-state index contributed by atoms with van der Waals surface area (Å²) in [5, 5.41) is 2.12. The highest BCUT2D eigenvalue weighted by molar-refractivity contribution is 6.36. The fourth-order valence-electron chi connectivity index (χ4n) is 3.77. The van der Waals surface area contributed by atoms with E-state index < -0.39 is 0 Å². The minimum absolute atomic E-state index is 0.0534. The van der Waals surface area contributed by atoms with Crippen LogP contribution in [0, 0.1) is 5.92 Å². The lowest BCUT2D eigenvalue weighted by atomic mass is 10.1. The van der Waals surface area contributed by atoms with Gasteiger partial charge in [0.25, 0.3) is 0 Å². The number of carbonyl (C=O) groups is 1. The Hall–Kier alpha value is -2.21. The minimum atomic E-state index is 0.0534. The van der Waals surface area contributed by atoms with E-state index in [0.717, 1.165) is 55.0 Å². The summed E-state index contributed by atoms with van der Waals surface area (Å²) in [6.07, 6.45) is 0. The number of ketones is 1. The van der Waals surface area contributed by atoms with Gasteiger partial charge in [0.1, 0.15) is 11.6 Å². The second-order valence-corrected chi connectivity index (χ2v) is 8.60. The molecule has 2 heterocycles. The van der Waals surface area contributed by atoms with Gasteiger partial charge in [-0.2, -0.15) is 0 Å². The summed E-state index contributed by atoms with van der Waals surface area (Å²) in [5.41, 5.74) is 1.60. The maximum absolute atomic E-state index is 11.6. The molecular formula is C23H24Cl2N4O. The number of aromatic nitrogens is 2. The van der Waals surface area contributed by atoms with Crippen molar-refractivity contribution in [2.24, 2.45) is 5.92 Å². The summed E-state index contributed by atoms with van der Waals surface area (Å²) in [6.45, 7) is 7.80. The molecule has 0 aliphatic carbocycles. The fourth-order valence-corrected chi connectivity index (χ4v) is 4.25. The first-order chi connectivity index (χ1) is 14.4. The lowest BCUT2D eigenvalue weighted by Gasteiger charge is -2.36. The average Bonchev–Trinajstić information content (AvgIpc) is 2.74. The van der Waals surface area contributed by atoms with Gasteiger partial charge in [-0.25, -0.2) is 9.97 Å². The van der Waals surface area contributed by atoms with Gasteiger partial charge >= 0.3 is 0 Å². The number of carbonyl (C=O) groups excluding carboxylic acids is 1. The van der Waals surface area contributed by atoms with Gasteiger partial charge in [0, 0.05) is 44.2 Å². The molecule has 7 heteroatoms. The largest absolute Gasteiger partial charge is 0.353 e. The lowest BCUT2D eigenvalue weighted by Crippen LogP contribution is -2.48. The van der Waals surface area contributed by atoms with E-state index in [-0.39, 0.29) is 11.7 Å². The number of nitrogens with zero attached hydrogens (tertiary/aromatic N) is 4. The van der Waals surface area contributed by atoms with E-state index in [0.29, 0.717) is 15.9 Å². The van der Waals surface area contributed by atoms with E-state index in [1.54, 1.807) is 6.92 Å². The van der Waals surface area contributed by atoms with E-state index in [2.05, 4.69) is 9.80 Å². The van der Waals surface area contributed by atoms with Crippen molar-refractivity contribution in [2.45, 2.75) is 13.8 Å². The van der Waals surface area contributed by atoms with E-state index in [9.17, 15) is 4.79 Å². The van der Waals surface area contributed by atoms with Crippen LogP contribution in [0.5, 0.6) is 0 Å². The molecule has 5 nitrogen and oxygen atoms in total. The van der Waals surface area contributed by atoms with Gasteiger partial charge in [-0.15, -0.1) is 0 Å². The number of anilines is 1. The molecule has 156 valence electrons. The van der Waals surface area contributed by atoms with Crippen LogP contribution in [0.2, 0.25) is 10.0 Å². The highest BCUT2D eigenvalue weighted by Gasteiger charge is 2.24. The number of halogens is 2. The van der Waals surface area contributed by atoms with E-state index in [1.807, 2.05) is 49.4 Å². The van der Waals surface area contributed by atoms with Crippen LogP contribution in [0.3, 0.4) is 0 Å². The Kier molecular flexibility index (Phi) is 6.23. The van der Waals surface area contributed by atoms with E-state index in [4.69, 9.17) is 33.2 Å². The Morgan fingerprint density at radius 1 is 1.00 bits per heavy atom. The van der Waals surface area contributed by atoms with Crippen LogP contribution >= 0.6 is 23.2 Å². The zero-order valence-electron chi connectivity index (χ0n) is 17.1. The normalized spacial score (nSPS) is 16.1. The van der Waals surface area contributed by atoms with Crippen molar-refractivity contribution >= 4 is 45.7 Å². The molecule has 4 rings (SSSR count). The van der Waals surface area contributed by atoms with Crippen LogP contribution in [0.1, 0.15) is 13.8 Å². The summed E-state index contributed by atoms with van der Waals surface area (Å²) in [4.78, 5) is 25.8. The predicted molar refractivity (Wildman–Crippen MR) is 123 cm³/mol. The molecule has 1 aliphatic rings. The molecule has 0 saturated carbocycles. The third kappa shape index (κ3) is 4.29. The first kappa shape index (κ1) is 21.0. The minimum Gasteiger partial charge on any atom is -0.353 e. The van der Waals surface area contributed by atoms with Crippen LogP contribution in [-0.2, 0) is 4.79 Å². The van der Waals surface area contributed by atoms with Crippen molar-refractivity contribution in [2.75, 3.05) is 37.6 Å². The molecule has 1 fully saturated rings. The molecule has 0 amide bonds. The standard InChI is InChI=1S/C23H24Cl2N4O/c1-15(16(2)30)14-28-10-12-29(13-11-28)23-21-19(25)8-5-9-20(21)26-22(27-23)17-6-3-4-7-18(17)24/h3-9,15H,10-14H2,1-2H3. The lowest BCUT2D eigenvalue weighted by molar-refractivity contribution is -0.120. The molecule has 1 saturated heterocycles. The van der Waals surface area contributed by atoms with Crippen LogP contribution in [0.25, 0.3) is 22.3 Å². The fraction of sp³-hybridized carbons (Fsp3) is 0.348. The van der Waals surface area contributed by atoms with E-state index >= 15 is 0 Å². The van der Waals surface area contributed by atoms with Crippen molar-refractivity contribution in [3.05, 3.63) is 52.5 Å². The molecule has 2 aromatic carbocycles. The third-order valence-corrected chi connectivity index (χ3v) is 6.31. The number of benzene rings is 2. The van der Waals surface area contributed by atoms with Gasteiger partial charge in [0.2, 0.25) is 0 Å². The molecule has 0 N–H and O–H groups in total. The topological polar surface area (TPSA) is 49.3 Å². The molecule has 1 aliphatic heterocycles. The van der Waals surface area contributed by atoms with Crippen LogP contribution in [0.4, 0.5) is 5.82 Å². The Morgan fingerprint density at radius 3 is 2.40 bits per heavy atom. The molecule has 1 aromatic heterocycles. The zero-order valence-corrected chi connectivity index (χ0v) is 18.6. The highest BCUT2D eigenvalue weighted by atomic mass is 35.5. The predicted octanol–water partition coefficient (Wildman–Crippen LogP) is 4.95. The molecule has 30 heavy (non-hydrogen) atoms. The number of Topliss-reactive ketones (excluding diaryl/α,β-unsaturated/α-hetero) is 1. The summed E-state index contributed by atoms with van der Waals surface area (Å²) >= 11 is 13.0. The maximum atomic E-state index is 11.6. The van der Waals surface area contributed by atoms with Gasteiger partial charge in [0.15, 0.2) is 5.82 Å². The van der Waals surface area contributed by atoms with Gasteiger partial charge in [-0.3, -0.25) is 9.69 Å². The second-order valence-electron chi connectivity index (χ2n) is 7.78. The van der Waals surface area contributed by atoms with Crippen molar-refractivity contribution < 1.29 is 4.79 Å². The number of piperazine rings is 1. The van der Waals surface area contributed by atoms with Crippen molar-refractivity contribution in [1.82, 2.24) is 14.9 Å². The zero-order chi connectivity index (χ0) is 21.3. The van der Waals surface area contributed by atoms with E-state index in [1.165, 1.54) is 0 Å². The smallest absolute Gasteiger partial charge is 0.163 e. The highest BCUT2D eigenvalue weighted by Crippen LogP contribution is 2.34. The molecule has 0 radical (unpaired) electrons. The monoisotopic (exact) mass is 442 g/mol. The Balaban J connectivity index is 1.68. The molecule has 1 atom stereocenters. The average molecular weight is 443 g/mol. The first-order valence-corrected chi connectivity index (χ1v) is 10.9. The Morgan fingerprint density at radius 2 is 1.70 bits per heavy atom. The van der Waals surface area contributed by atoms with Gasteiger partial charge in [-0.1, -0.05) is 48.3 Å².